The lowest BCUT2D eigenvalue weighted by Crippen LogP contribution is -2.31. The SMILES string of the molecule is CCOC(=O)CNC(=O)c1nc2ccc(Cl)nn2c1Cl. The maximum absolute atomic E-state index is 11.9. The highest BCUT2D eigenvalue weighted by Crippen LogP contribution is 2.18. The van der Waals surface area contributed by atoms with Crippen molar-refractivity contribution in [2.45, 2.75) is 6.92 Å². The number of fused-ring (bicyclic) bond motifs is 1. The largest absolute Gasteiger partial charge is 0.465 e. The summed E-state index contributed by atoms with van der Waals surface area (Å²) in [5, 5.41) is 6.52. The van der Waals surface area contributed by atoms with Crippen molar-refractivity contribution in [3.8, 4) is 0 Å². The zero-order chi connectivity index (χ0) is 14.7. The highest BCUT2D eigenvalue weighted by Gasteiger charge is 2.19. The first kappa shape index (κ1) is 14.5. The number of nitrogens with zero attached hydrogens (tertiary/aromatic N) is 3. The molecule has 106 valence electrons. The van der Waals surface area contributed by atoms with E-state index >= 15 is 0 Å². The number of esters is 1. The molecular formula is C11H10Cl2N4O3. The lowest BCUT2D eigenvalue weighted by atomic mass is 10.4. The van der Waals surface area contributed by atoms with E-state index in [-0.39, 0.29) is 29.2 Å². The first-order valence-corrected chi connectivity index (χ1v) is 6.43. The van der Waals surface area contributed by atoms with Gasteiger partial charge in [0.25, 0.3) is 5.91 Å². The van der Waals surface area contributed by atoms with Crippen LogP contribution in [0.2, 0.25) is 10.3 Å². The molecule has 2 heterocycles. The molecule has 7 nitrogen and oxygen atoms in total. The number of hydrogen-bond donors (Lipinski definition) is 1. The molecule has 0 atom stereocenters. The van der Waals surface area contributed by atoms with Crippen molar-refractivity contribution in [2.24, 2.45) is 0 Å². The Hall–Kier alpha value is -1.86. The highest BCUT2D eigenvalue weighted by molar-refractivity contribution is 6.33. The number of ether oxygens (including phenoxy) is 1. The van der Waals surface area contributed by atoms with Gasteiger partial charge in [-0.05, 0) is 19.1 Å². The number of imidazole rings is 1. The van der Waals surface area contributed by atoms with E-state index in [1.165, 1.54) is 10.6 Å². The normalized spacial score (nSPS) is 10.6. The zero-order valence-corrected chi connectivity index (χ0v) is 11.9. The van der Waals surface area contributed by atoms with Gasteiger partial charge in [0, 0.05) is 0 Å². The molecule has 0 fully saturated rings. The number of carbonyl (C=O) groups excluding carboxylic acids is 2. The van der Waals surface area contributed by atoms with E-state index in [1.54, 1.807) is 13.0 Å². The Bertz CT molecular complexity index is 671. The van der Waals surface area contributed by atoms with Gasteiger partial charge in [-0.25, -0.2) is 9.50 Å². The Morgan fingerprint density at radius 1 is 1.40 bits per heavy atom. The molecule has 0 unspecified atom stereocenters. The summed E-state index contributed by atoms with van der Waals surface area (Å²) < 4.78 is 5.93. The molecule has 0 aliphatic carbocycles. The van der Waals surface area contributed by atoms with Gasteiger partial charge in [0.15, 0.2) is 16.5 Å². The number of carbonyl (C=O) groups is 2. The second kappa shape index (κ2) is 6.06. The van der Waals surface area contributed by atoms with Crippen molar-refractivity contribution in [3.05, 3.63) is 28.1 Å². The molecule has 0 spiro atoms. The lowest BCUT2D eigenvalue weighted by molar-refractivity contribution is -0.141. The van der Waals surface area contributed by atoms with Crippen molar-refractivity contribution in [2.75, 3.05) is 13.2 Å². The number of rotatable bonds is 4. The smallest absolute Gasteiger partial charge is 0.325 e. The Kier molecular flexibility index (Phi) is 4.41. The standard InChI is InChI=1S/C11H10Cl2N4O3/c1-2-20-8(18)5-14-11(19)9-10(13)17-7(15-9)4-3-6(12)16-17/h3-4H,2,5H2,1H3,(H,14,19). The van der Waals surface area contributed by atoms with E-state index < -0.39 is 11.9 Å². The molecule has 0 aliphatic rings. The van der Waals surface area contributed by atoms with Crippen LogP contribution in [-0.2, 0) is 9.53 Å². The molecule has 20 heavy (non-hydrogen) atoms. The Labute approximate surface area is 123 Å². The van der Waals surface area contributed by atoms with Gasteiger partial charge >= 0.3 is 5.97 Å². The van der Waals surface area contributed by atoms with Gasteiger partial charge in [0.1, 0.15) is 11.7 Å². The Morgan fingerprint density at radius 2 is 2.15 bits per heavy atom. The predicted molar refractivity (Wildman–Crippen MR) is 72.0 cm³/mol. The topological polar surface area (TPSA) is 85.6 Å². The van der Waals surface area contributed by atoms with Crippen LogP contribution in [-0.4, -0.2) is 39.6 Å². The molecular weight excluding hydrogens is 307 g/mol. The third-order valence-electron chi connectivity index (χ3n) is 2.30. The lowest BCUT2D eigenvalue weighted by Gasteiger charge is -2.03. The summed E-state index contributed by atoms with van der Waals surface area (Å²) in [6.45, 7) is 1.66. The Morgan fingerprint density at radius 3 is 2.85 bits per heavy atom. The van der Waals surface area contributed by atoms with Crippen LogP contribution >= 0.6 is 23.2 Å². The molecule has 0 saturated carbocycles. The quantitative estimate of drug-likeness (QED) is 0.860. The fourth-order valence-corrected chi connectivity index (χ4v) is 1.87. The van der Waals surface area contributed by atoms with Gasteiger partial charge in [-0.2, -0.15) is 5.10 Å². The number of amides is 1. The van der Waals surface area contributed by atoms with Gasteiger partial charge in [-0.1, -0.05) is 23.2 Å². The third kappa shape index (κ3) is 3.00. The average Bonchev–Trinajstić information content (AvgIpc) is 2.74. The summed E-state index contributed by atoms with van der Waals surface area (Å²) in [7, 11) is 0. The molecule has 2 rings (SSSR count). The maximum Gasteiger partial charge on any atom is 0.325 e. The zero-order valence-electron chi connectivity index (χ0n) is 10.4. The third-order valence-corrected chi connectivity index (χ3v) is 2.84. The van der Waals surface area contributed by atoms with Crippen molar-refractivity contribution in [1.29, 1.82) is 0 Å². The summed E-state index contributed by atoms with van der Waals surface area (Å²) >= 11 is 11.7. The molecule has 0 bridgehead atoms. The van der Waals surface area contributed by atoms with Crippen molar-refractivity contribution in [1.82, 2.24) is 19.9 Å². The van der Waals surface area contributed by atoms with Crippen molar-refractivity contribution in [3.63, 3.8) is 0 Å². The minimum atomic E-state index is -0.593. The monoisotopic (exact) mass is 316 g/mol. The minimum Gasteiger partial charge on any atom is -0.465 e. The summed E-state index contributed by atoms with van der Waals surface area (Å²) in [6, 6.07) is 3.10. The molecule has 0 radical (unpaired) electrons. The average molecular weight is 317 g/mol. The summed E-state index contributed by atoms with van der Waals surface area (Å²) in [5.74, 6) is -1.13. The first-order valence-electron chi connectivity index (χ1n) is 5.67. The summed E-state index contributed by atoms with van der Waals surface area (Å²) in [5.41, 5.74) is 0.339. The fraction of sp³-hybridized carbons (Fsp3) is 0.273. The molecule has 0 aliphatic heterocycles. The number of aromatic nitrogens is 3. The van der Waals surface area contributed by atoms with Crippen LogP contribution in [0.25, 0.3) is 5.65 Å². The summed E-state index contributed by atoms with van der Waals surface area (Å²) in [6.07, 6.45) is 0. The first-order chi connectivity index (χ1) is 9.52. The van der Waals surface area contributed by atoms with Crippen molar-refractivity contribution >= 4 is 40.7 Å². The Balaban J connectivity index is 2.18. The van der Waals surface area contributed by atoms with Gasteiger partial charge < -0.3 is 10.1 Å². The van der Waals surface area contributed by atoms with Crippen LogP contribution in [0.4, 0.5) is 0 Å². The number of halogens is 2. The second-order valence-corrected chi connectivity index (χ2v) is 4.41. The minimum absolute atomic E-state index is 0.0175. The van der Waals surface area contributed by atoms with Crippen LogP contribution in [0.15, 0.2) is 12.1 Å². The van der Waals surface area contributed by atoms with Crippen LogP contribution in [0.1, 0.15) is 17.4 Å². The number of nitrogens with one attached hydrogen (secondary N) is 1. The van der Waals surface area contributed by atoms with Crippen LogP contribution < -0.4 is 5.32 Å². The van der Waals surface area contributed by atoms with Crippen molar-refractivity contribution < 1.29 is 14.3 Å². The van der Waals surface area contributed by atoms with Crippen LogP contribution in [0.5, 0.6) is 0 Å². The molecule has 0 aromatic carbocycles. The second-order valence-electron chi connectivity index (χ2n) is 3.66. The molecule has 1 amide bonds. The van der Waals surface area contributed by atoms with Crippen LogP contribution in [0.3, 0.4) is 0 Å². The van der Waals surface area contributed by atoms with E-state index in [1.807, 2.05) is 0 Å². The van der Waals surface area contributed by atoms with E-state index in [0.29, 0.717) is 5.65 Å². The van der Waals surface area contributed by atoms with Gasteiger partial charge in [-0.3, -0.25) is 9.59 Å². The highest BCUT2D eigenvalue weighted by atomic mass is 35.5. The molecule has 2 aromatic rings. The van der Waals surface area contributed by atoms with Gasteiger partial charge in [0.05, 0.1) is 6.61 Å². The molecule has 1 N–H and O–H groups in total. The van der Waals surface area contributed by atoms with E-state index in [9.17, 15) is 9.59 Å². The molecule has 0 saturated heterocycles. The van der Waals surface area contributed by atoms with Gasteiger partial charge in [-0.15, -0.1) is 0 Å². The predicted octanol–water partition coefficient (Wildman–Crippen LogP) is 1.33. The molecule has 2 aromatic heterocycles. The van der Waals surface area contributed by atoms with E-state index in [4.69, 9.17) is 27.9 Å². The molecule has 9 heteroatoms. The fourth-order valence-electron chi connectivity index (χ4n) is 1.48. The van der Waals surface area contributed by atoms with E-state index in [2.05, 4.69) is 15.4 Å². The maximum atomic E-state index is 11.9. The van der Waals surface area contributed by atoms with Gasteiger partial charge in [0.2, 0.25) is 0 Å². The summed E-state index contributed by atoms with van der Waals surface area (Å²) in [4.78, 5) is 27.1. The number of hydrogen-bond acceptors (Lipinski definition) is 5. The van der Waals surface area contributed by atoms with E-state index in [0.717, 1.165) is 0 Å². The van der Waals surface area contributed by atoms with Crippen LogP contribution in [0, 0.1) is 0 Å².